The number of aromatic nitrogens is 3. The van der Waals surface area contributed by atoms with Crippen molar-refractivity contribution >= 4 is 44.2 Å². The summed E-state index contributed by atoms with van der Waals surface area (Å²) in [5.41, 5.74) is 4.59. The van der Waals surface area contributed by atoms with Crippen LogP contribution < -0.4 is 15.6 Å². The molecule has 0 atom stereocenters. The molecule has 30 heavy (non-hydrogen) atoms. The molecule has 0 unspecified atom stereocenters. The van der Waals surface area contributed by atoms with Gasteiger partial charge in [-0.15, -0.1) is 0 Å². The number of rotatable bonds is 6. The predicted molar refractivity (Wildman–Crippen MR) is 108 cm³/mol. The zero-order valence-electron chi connectivity index (χ0n) is 14.9. The molecular formula is C18H11BrN6O5. The van der Waals surface area contributed by atoms with E-state index in [1.54, 1.807) is 24.4 Å². The van der Waals surface area contributed by atoms with Crippen LogP contribution in [-0.2, 0) is 0 Å². The van der Waals surface area contributed by atoms with Gasteiger partial charge in [0.1, 0.15) is 11.8 Å². The van der Waals surface area contributed by atoms with Crippen LogP contribution in [0.15, 0.2) is 64.1 Å². The topological polar surface area (TPSA) is 145 Å². The molecule has 0 aliphatic rings. The third-order valence-corrected chi connectivity index (χ3v) is 4.59. The molecule has 0 bridgehead atoms. The zero-order valence-corrected chi connectivity index (χ0v) is 16.5. The summed E-state index contributed by atoms with van der Waals surface area (Å²) in [6, 6.07) is 9.89. The number of benzene rings is 1. The number of anilines is 1. The zero-order chi connectivity index (χ0) is 21.1. The molecule has 0 aliphatic heterocycles. The maximum atomic E-state index is 12.0. The van der Waals surface area contributed by atoms with Crippen molar-refractivity contribution in [3.63, 3.8) is 0 Å². The fraction of sp³-hybridized carbons (Fsp3) is 0. The molecule has 2 N–H and O–H groups in total. The van der Waals surface area contributed by atoms with Gasteiger partial charge in [-0.1, -0.05) is 22.0 Å². The molecule has 0 saturated heterocycles. The number of ether oxygens (including phenoxy) is 1. The van der Waals surface area contributed by atoms with Crippen molar-refractivity contribution in [1.29, 1.82) is 0 Å². The molecule has 0 fully saturated rings. The lowest BCUT2D eigenvalue weighted by Crippen LogP contribution is -2.30. The molecule has 0 saturated carbocycles. The van der Waals surface area contributed by atoms with Crippen molar-refractivity contribution in [2.75, 3.05) is 5.43 Å². The monoisotopic (exact) mass is 470 g/mol. The van der Waals surface area contributed by atoms with Gasteiger partial charge in [0.25, 0.3) is 0 Å². The molecule has 3 heterocycles. The molecule has 11 nitrogen and oxygen atoms in total. The number of carbonyl (C=O) groups excluding carboxylic acids is 1. The first-order valence-corrected chi connectivity index (χ1v) is 9.14. The maximum absolute atomic E-state index is 12.0. The Morgan fingerprint density at radius 1 is 1.17 bits per heavy atom. The quantitative estimate of drug-likeness (QED) is 0.316. The van der Waals surface area contributed by atoms with Crippen molar-refractivity contribution in [2.24, 2.45) is 0 Å². The largest absolute Gasteiger partial charge is 0.459 e. The summed E-state index contributed by atoms with van der Waals surface area (Å²) in [7, 11) is 0. The summed E-state index contributed by atoms with van der Waals surface area (Å²) in [6.45, 7) is 0. The second-order valence-corrected chi connectivity index (χ2v) is 6.59. The SMILES string of the molecule is O=C(NNc1ncnc(Oc2ccc(Br)c3cccnc23)c1[N+](=O)[O-])c1ccco1. The van der Waals surface area contributed by atoms with Gasteiger partial charge < -0.3 is 9.15 Å². The minimum atomic E-state index is -0.717. The van der Waals surface area contributed by atoms with Crippen LogP contribution in [-0.4, -0.2) is 25.8 Å². The van der Waals surface area contributed by atoms with Crippen molar-refractivity contribution < 1.29 is 18.9 Å². The van der Waals surface area contributed by atoms with Gasteiger partial charge in [0.05, 0.1) is 11.2 Å². The van der Waals surface area contributed by atoms with E-state index in [1.165, 1.54) is 18.4 Å². The highest BCUT2D eigenvalue weighted by Gasteiger charge is 2.26. The summed E-state index contributed by atoms with van der Waals surface area (Å²) in [6.07, 6.45) is 3.97. The summed E-state index contributed by atoms with van der Waals surface area (Å²) >= 11 is 3.43. The highest BCUT2D eigenvalue weighted by atomic mass is 79.9. The molecular weight excluding hydrogens is 460 g/mol. The molecule has 1 amide bonds. The molecule has 150 valence electrons. The maximum Gasteiger partial charge on any atom is 0.374 e. The number of amides is 1. The lowest BCUT2D eigenvalue weighted by molar-refractivity contribution is -0.385. The van der Waals surface area contributed by atoms with Crippen molar-refractivity contribution in [3.8, 4) is 11.6 Å². The van der Waals surface area contributed by atoms with E-state index in [0.29, 0.717) is 5.52 Å². The van der Waals surface area contributed by atoms with Gasteiger partial charge in [-0.05, 0) is 30.3 Å². The van der Waals surface area contributed by atoms with Crippen molar-refractivity contribution in [1.82, 2.24) is 20.4 Å². The summed E-state index contributed by atoms with van der Waals surface area (Å²) in [5, 5.41) is 12.4. The number of furan rings is 1. The molecule has 3 aromatic heterocycles. The van der Waals surface area contributed by atoms with Gasteiger partial charge in [-0.2, -0.15) is 4.98 Å². The van der Waals surface area contributed by atoms with E-state index < -0.39 is 16.5 Å². The first-order chi connectivity index (χ1) is 14.5. The van der Waals surface area contributed by atoms with E-state index in [2.05, 4.69) is 41.7 Å². The van der Waals surface area contributed by atoms with Crippen LogP contribution in [0.1, 0.15) is 10.6 Å². The fourth-order valence-electron chi connectivity index (χ4n) is 2.58. The van der Waals surface area contributed by atoms with Crippen molar-refractivity contribution in [2.45, 2.75) is 0 Å². The lowest BCUT2D eigenvalue weighted by Gasteiger charge is -2.11. The number of halogens is 1. The van der Waals surface area contributed by atoms with E-state index >= 15 is 0 Å². The van der Waals surface area contributed by atoms with Gasteiger partial charge in [-0.3, -0.25) is 30.7 Å². The normalized spacial score (nSPS) is 10.6. The Hall–Kier alpha value is -4.06. The Bertz CT molecular complexity index is 1250. The summed E-state index contributed by atoms with van der Waals surface area (Å²) in [5.74, 6) is -0.943. The van der Waals surface area contributed by atoms with E-state index in [4.69, 9.17) is 9.15 Å². The Morgan fingerprint density at radius 2 is 2.03 bits per heavy atom. The van der Waals surface area contributed by atoms with Crippen LogP contribution >= 0.6 is 15.9 Å². The van der Waals surface area contributed by atoms with E-state index in [0.717, 1.165) is 16.2 Å². The van der Waals surface area contributed by atoms with Crippen LogP contribution in [0, 0.1) is 10.1 Å². The first-order valence-electron chi connectivity index (χ1n) is 8.35. The van der Waals surface area contributed by atoms with Gasteiger partial charge >= 0.3 is 17.5 Å². The van der Waals surface area contributed by atoms with E-state index in [-0.39, 0.29) is 23.2 Å². The van der Waals surface area contributed by atoms with Crippen LogP contribution in [0.3, 0.4) is 0 Å². The Labute approximate surface area is 176 Å². The second kappa shape index (κ2) is 8.13. The highest BCUT2D eigenvalue weighted by molar-refractivity contribution is 9.10. The second-order valence-electron chi connectivity index (χ2n) is 5.74. The van der Waals surface area contributed by atoms with Crippen molar-refractivity contribution in [3.05, 3.63) is 75.5 Å². The smallest absolute Gasteiger partial charge is 0.374 e. The number of hydrogen-bond donors (Lipinski definition) is 2. The van der Waals surface area contributed by atoms with Crippen LogP contribution in [0.5, 0.6) is 11.6 Å². The molecule has 1 aromatic carbocycles. The minimum Gasteiger partial charge on any atom is -0.459 e. The number of carbonyl (C=O) groups is 1. The Morgan fingerprint density at radius 3 is 2.80 bits per heavy atom. The molecule has 12 heteroatoms. The van der Waals surface area contributed by atoms with Crippen LogP contribution in [0.4, 0.5) is 11.5 Å². The van der Waals surface area contributed by atoms with Gasteiger partial charge in [0, 0.05) is 16.1 Å². The average Bonchev–Trinajstić information content (AvgIpc) is 3.29. The minimum absolute atomic E-state index is 0.0167. The number of nitrogens with zero attached hydrogens (tertiary/aromatic N) is 4. The molecule has 0 spiro atoms. The van der Waals surface area contributed by atoms with Crippen LogP contribution in [0.25, 0.3) is 10.9 Å². The van der Waals surface area contributed by atoms with Gasteiger partial charge in [-0.25, -0.2) is 4.98 Å². The third kappa shape index (κ3) is 3.75. The molecule has 4 aromatic rings. The first kappa shape index (κ1) is 19.3. The van der Waals surface area contributed by atoms with Crippen LogP contribution in [0.2, 0.25) is 0 Å². The number of fused-ring (bicyclic) bond motifs is 1. The summed E-state index contributed by atoms with van der Waals surface area (Å²) < 4.78 is 11.5. The standard InChI is InChI=1S/C18H11BrN6O5/c19-11-5-6-12(14-10(11)3-1-7-20-14)30-18-15(25(27)28)16(21-9-22-18)23-24-17(26)13-4-2-8-29-13/h1-9H,(H,24,26)(H,21,22,23). The number of hydrazine groups is 1. The average molecular weight is 471 g/mol. The fourth-order valence-corrected chi connectivity index (χ4v) is 3.03. The van der Waals surface area contributed by atoms with E-state index in [9.17, 15) is 14.9 Å². The number of nitrogens with one attached hydrogen (secondary N) is 2. The summed E-state index contributed by atoms with van der Waals surface area (Å²) in [4.78, 5) is 34.9. The Balaban J connectivity index is 1.66. The van der Waals surface area contributed by atoms with Gasteiger partial charge in [0.15, 0.2) is 11.5 Å². The number of nitro groups is 1. The lowest BCUT2D eigenvalue weighted by atomic mass is 10.2. The molecule has 4 rings (SSSR count). The Kier molecular flexibility index (Phi) is 5.22. The highest BCUT2D eigenvalue weighted by Crippen LogP contribution is 2.37. The predicted octanol–water partition coefficient (Wildman–Crippen LogP) is 3.84. The van der Waals surface area contributed by atoms with Gasteiger partial charge in [0.2, 0.25) is 5.82 Å². The molecule has 0 radical (unpaired) electrons. The number of pyridine rings is 1. The third-order valence-electron chi connectivity index (χ3n) is 3.90. The molecule has 0 aliphatic carbocycles. The van der Waals surface area contributed by atoms with E-state index in [1.807, 2.05) is 6.07 Å². The number of hydrogen-bond acceptors (Lipinski definition) is 9.